The minimum Gasteiger partial charge on any atom is -0.465 e. The van der Waals surface area contributed by atoms with Gasteiger partial charge in [0, 0.05) is 9.26 Å². The summed E-state index contributed by atoms with van der Waals surface area (Å²) in [5, 5.41) is 10.7. The van der Waals surface area contributed by atoms with Gasteiger partial charge < -0.3 is 5.11 Å². The van der Waals surface area contributed by atoms with Crippen LogP contribution in [-0.2, 0) is 0 Å². The first-order valence-corrected chi connectivity index (χ1v) is 4.43. The Morgan fingerprint density at radius 3 is 2.75 bits per heavy atom. The Labute approximate surface area is 83.9 Å². The summed E-state index contributed by atoms with van der Waals surface area (Å²) in [6.45, 7) is 1.94. The Morgan fingerprint density at radius 2 is 2.25 bits per heavy atom. The van der Waals surface area contributed by atoms with Crippen LogP contribution in [0.2, 0.25) is 0 Å². The third kappa shape index (κ3) is 2.37. The lowest BCUT2D eigenvalue weighted by Crippen LogP contribution is -2.07. The van der Waals surface area contributed by atoms with Crippen molar-refractivity contribution in [3.05, 3.63) is 27.3 Å². The van der Waals surface area contributed by atoms with E-state index in [1.807, 2.05) is 13.0 Å². The molecule has 0 atom stereocenters. The van der Waals surface area contributed by atoms with Crippen molar-refractivity contribution in [3.8, 4) is 0 Å². The van der Waals surface area contributed by atoms with Crippen LogP contribution in [0.4, 0.5) is 10.5 Å². The van der Waals surface area contributed by atoms with Crippen LogP contribution in [0.5, 0.6) is 0 Å². The quantitative estimate of drug-likeness (QED) is 0.775. The standard InChI is InChI=1S/C8H8INO2/c1-5-4-6(10-8(11)12)2-3-7(5)9/h2-4,10H,1H3,(H,11,12). The van der Waals surface area contributed by atoms with Gasteiger partial charge in [0.05, 0.1) is 0 Å². The summed E-state index contributed by atoms with van der Waals surface area (Å²) in [5.74, 6) is 0. The highest BCUT2D eigenvalue weighted by molar-refractivity contribution is 14.1. The molecule has 1 rings (SSSR count). The summed E-state index contributed by atoms with van der Waals surface area (Å²) < 4.78 is 1.13. The van der Waals surface area contributed by atoms with Crippen molar-refractivity contribution < 1.29 is 9.90 Å². The highest BCUT2D eigenvalue weighted by Gasteiger charge is 1.99. The maximum Gasteiger partial charge on any atom is 0.409 e. The summed E-state index contributed by atoms with van der Waals surface area (Å²) >= 11 is 2.20. The summed E-state index contributed by atoms with van der Waals surface area (Å²) in [6, 6.07) is 5.42. The van der Waals surface area contributed by atoms with Crippen LogP contribution >= 0.6 is 22.6 Å². The zero-order chi connectivity index (χ0) is 9.14. The third-order valence-electron chi connectivity index (χ3n) is 1.41. The number of nitrogens with one attached hydrogen (secondary N) is 1. The second-order valence-corrected chi connectivity index (χ2v) is 3.56. The number of carbonyl (C=O) groups is 1. The molecule has 64 valence electrons. The van der Waals surface area contributed by atoms with Gasteiger partial charge in [0.15, 0.2) is 0 Å². The van der Waals surface area contributed by atoms with Gasteiger partial charge in [-0.15, -0.1) is 0 Å². The van der Waals surface area contributed by atoms with Crippen molar-refractivity contribution in [2.75, 3.05) is 5.32 Å². The van der Waals surface area contributed by atoms with E-state index in [9.17, 15) is 4.79 Å². The van der Waals surface area contributed by atoms with Crippen LogP contribution in [0.3, 0.4) is 0 Å². The SMILES string of the molecule is Cc1cc(NC(=O)O)ccc1I. The smallest absolute Gasteiger partial charge is 0.409 e. The largest absolute Gasteiger partial charge is 0.465 e. The Kier molecular flexibility index (Phi) is 2.91. The normalized spacial score (nSPS) is 9.50. The van der Waals surface area contributed by atoms with Crippen molar-refractivity contribution in [2.24, 2.45) is 0 Å². The highest BCUT2D eigenvalue weighted by Crippen LogP contribution is 2.16. The topological polar surface area (TPSA) is 49.3 Å². The van der Waals surface area contributed by atoms with E-state index in [2.05, 4.69) is 27.9 Å². The second kappa shape index (κ2) is 3.75. The molecule has 0 radical (unpaired) electrons. The molecular weight excluding hydrogens is 269 g/mol. The van der Waals surface area contributed by atoms with Gasteiger partial charge in [-0.1, -0.05) is 0 Å². The third-order valence-corrected chi connectivity index (χ3v) is 2.62. The minimum atomic E-state index is -1.03. The van der Waals surface area contributed by atoms with Gasteiger partial charge in [0.1, 0.15) is 0 Å². The summed E-state index contributed by atoms with van der Waals surface area (Å²) in [4.78, 5) is 10.3. The summed E-state index contributed by atoms with van der Waals surface area (Å²) in [7, 11) is 0. The monoisotopic (exact) mass is 277 g/mol. The number of halogens is 1. The number of rotatable bonds is 1. The van der Waals surface area contributed by atoms with Gasteiger partial charge in [-0.3, -0.25) is 5.32 Å². The minimum absolute atomic E-state index is 0.611. The highest BCUT2D eigenvalue weighted by atomic mass is 127. The van der Waals surface area contributed by atoms with Crippen LogP contribution in [0.1, 0.15) is 5.56 Å². The van der Waals surface area contributed by atoms with Gasteiger partial charge in [0.2, 0.25) is 0 Å². The molecule has 1 aromatic rings. The maximum atomic E-state index is 10.3. The fourth-order valence-electron chi connectivity index (χ4n) is 0.846. The van der Waals surface area contributed by atoms with E-state index in [0.29, 0.717) is 5.69 Å². The average Bonchev–Trinajstić information content (AvgIpc) is 1.96. The summed E-state index contributed by atoms with van der Waals surface area (Å²) in [5.41, 5.74) is 1.68. The van der Waals surface area contributed by atoms with Crippen LogP contribution < -0.4 is 5.32 Å². The van der Waals surface area contributed by atoms with Crippen LogP contribution in [-0.4, -0.2) is 11.2 Å². The average molecular weight is 277 g/mol. The number of anilines is 1. The first-order valence-electron chi connectivity index (χ1n) is 3.35. The lowest BCUT2D eigenvalue weighted by atomic mass is 10.2. The van der Waals surface area contributed by atoms with Gasteiger partial charge >= 0.3 is 6.09 Å². The second-order valence-electron chi connectivity index (χ2n) is 2.39. The first-order chi connectivity index (χ1) is 5.59. The van der Waals surface area contributed by atoms with E-state index < -0.39 is 6.09 Å². The fraction of sp³-hybridized carbons (Fsp3) is 0.125. The van der Waals surface area contributed by atoms with Gasteiger partial charge in [-0.2, -0.15) is 0 Å². The van der Waals surface area contributed by atoms with E-state index in [1.165, 1.54) is 0 Å². The number of hydrogen-bond acceptors (Lipinski definition) is 1. The van der Waals surface area contributed by atoms with Gasteiger partial charge in [-0.05, 0) is 53.3 Å². The number of benzene rings is 1. The van der Waals surface area contributed by atoms with Crippen molar-refractivity contribution in [2.45, 2.75) is 6.92 Å². The fourth-order valence-corrected chi connectivity index (χ4v) is 1.18. The van der Waals surface area contributed by atoms with Crippen LogP contribution in [0, 0.1) is 10.5 Å². The first kappa shape index (κ1) is 9.31. The molecule has 0 bridgehead atoms. The number of aryl methyl sites for hydroxylation is 1. The molecule has 0 aromatic heterocycles. The summed E-state index contributed by atoms with van der Waals surface area (Å²) in [6.07, 6.45) is -1.03. The van der Waals surface area contributed by atoms with Crippen LogP contribution in [0.15, 0.2) is 18.2 Å². The number of amides is 1. The Hall–Kier alpha value is -0.780. The van der Waals surface area contributed by atoms with E-state index in [-0.39, 0.29) is 0 Å². The number of hydrogen-bond donors (Lipinski definition) is 2. The molecule has 1 amide bonds. The molecule has 2 N–H and O–H groups in total. The molecule has 0 unspecified atom stereocenters. The van der Waals surface area contributed by atoms with Crippen molar-refractivity contribution >= 4 is 34.4 Å². The molecule has 0 spiro atoms. The molecule has 3 nitrogen and oxygen atoms in total. The molecule has 0 saturated carbocycles. The molecule has 4 heteroatoms. The van der Waals surface area contributed by atoms with E-state index in [4.69, 9.17) is 5.11 Å². The van der Waals surface area contributed by atoms with E-state index in [1.54, 1.807) is 12.1 Å². The molecule has 0 aliphatic rings. The van der Waals surface area contributed by atoms with Gasteiger partial charge in [-0.25, -0.2) is 4.79 Å². The molecule has 0 aliphatic heterocycles. The molecule has 0 saturated heterocycles. The maximum absolute atomic E-state index is 10.3. The lowest BCUT2D eigenvalue weighted by molar-refractivity contribution is 0.210. The van der Waals surface area contributed by atoms with E-state index >= 15 is 0 Å². The molecule has 0 aliphatic carbocycles. The van der Waals surface area contributed by atoms with Crippen LogP contribution in [0.25, 0.3) is 0 Å². The van der Waals surface area contributed by atoms with Gasteiger partial charge in [0.25, 0.3) is 0 Å². The zero-order valence-electron chi connectivity index (χ0n) is 6.47. The molecule has 1 aromatic carbocycles. The van der Waals surface area contributed by atoms with Crippen molar-refractivity contribution in [1.82, 2.24) is 0 Å². The molecular formula is C8H8INO2. The van der Waals surface area contributed by atoms with Crippen molar-refractivity contribution in [1.29, 1.82) is 0 Å². The lowest BCUT2D eigenvalue weighted by Gasteiger charge is -2.02. The predicted octanol–water partition coefficient (Wildman–Crippen LogP) is 2.69. The molecule has 0 fully saturated rings. The number of carboxylic acid groups (broad SMARTS) is 1. The Morgan fingerprint density at radius 1 is 1.58 bits per heavy atom. The van der Waals surface area contributed by atoms with Crippen molar-refractivity contribution in [3.63, 3.8) is 0 Å². The Bertz CT molecular complexity index is 312. The molecule has 12 heavy (non-hydrogen) atoms. The predicted molar refractivity (Wildman–Crippen MR) is 55.5 cm³/mol. The Balaban J connectivity index is 2.89. The van der Waals surface area contributed by atoms with E-state index in [0.717, 1.165) is 9.13 Å². The molecule has 0 heterocycles. The zero-order valence-corrected chi connectivity index (χ0v) is 8.62.